The van der Waals surface area contributed by atoms with Crippen LogP contribution in [0.25, 0.3) is 0 Å². The Morgan fingerprint density at radius 1 is 1.42 bits per heavy atom. The SMILES string of the molecule is Cc1ccsc1C(=O)N1C[C@H](Oc2ccccn2)[C@H]2OCCC[C@H]21. The number of aryl methyl sites for hydroxylation is 1. The maximum atomic E-state index is 13.0. The van der Waals surface area contributed by atoms with Crippen LogP contribution >= 0.6 is 11.3 Å². The summed E-state index contributed by atoms with van der Waals surface area (Å²) in [5, 5.41) is 1.97. The Hall–Kier alpha value is -1.92. The molecule has 2 aliphatic heterocycles. The number of nitrogens with zero attached hydrogens (tertiary/aromatic N) is 2. The van der Waals surface area contributed by atoms with Gasteiger partial charge in [-0.1, -0.05) is 6.07 Å². The molecule has 0 N–H and O–H groups in total. The Bertz CT molecular complexity index is 718. The lowest BCUT2D eigenvalue weighted by atomic mass is 10.0. The summed E-state index contributed by atoms with van der Waals surface area (Å²) in [7, 11) is 0. The molecule has 126 valence electrons. The monoisotopic (exact) mass is 344 g/mol. The lowest BCUT2D eigenvalue weighted by Crippen LogP contribution is -2.44. The highest BCUT2D eigenvalue weighted by atomic mass is 32.1. The first-order valence-electron chi connectivity index (χ1n) is 8.28. The lowest BCUT2D eigenvalue weighted by Gasteiger charge is -2.31. The molecule has 4 rings (SSSR count). The topological polar surface area (TPSA) is 51.7 Å². The summed E-state index contributed by atoms with van der Waals surface area (Å²) in [4.78, 5) is 20.0. The van der Waals surface area contributed by atoms with Gasteiger partial charge in [0.05, 0.1) is 17.5 Å². The summed E-state index contributed by atoms with van der Waals surface area (Å²) in [5.41, 5.74) is 1.03. The maximum Gasteiger partial charge on any atom is 0.264 e. The van der Waals surface area contributed by atoms with Gasteiger partial charge in [0.1, 0.15) is 12.2 Å². The van der Waals surface area contributed by atoms with E-state index in [2.05, 4.69) is 4.98 Å². The van der Waals surface area contributed by atoms with Gasteiger partial charge in [-0.25, -0.2) is 4.98 Å². The number of rotatable bonds is 3. The van der Waals surface area contributed by atoms with Gasteiger partial charge < -0.3 is 14.4 Å². The highest BCUT2D eigenvalue weighted by molar-refractivity contribution is 7.12. The quantitative estimate of drug-likeness (QED) is 0.859. The summed E-state index contributed by atoms with van der Waals surface area (Å²) < 4.78 is 12.0. The lowest BCUT2D eigenvalue weighted by molar-refractivity contribution is -0.0455. The minimum atomic E-state index is -0.172. The third-order valence-corrected chi connectivity index (χ3v) is 5.71. The number of hydrogen-bond donors (Lipinski definition) is 0. The second-order valence-corrected chi connectivity index (χ2v) is 7.18. The van der Waals surface area contributed by atoms with Crippen molar-refractivity contribution in [1.29, 1.82) is 0 Å². The van der Waals surface area contributed by atoms with Crippen LogP contribution in [-0.4, -0.2) is 47.2 Å². The zero-order valence-corrected chi connectivity index (χ0v) is 14.4. The zero-order valence-electron chi connectivity index (χ0n) is 13.6. The summed E-state index contributed by atoms with van der Waals surface area (Å²) in [6, 6.07) is 7.67. The van der Waals surface area contributed by atoms with E-state index >= 15 is 0 Å². The van der Waals surface area contributed by atoms with Crippen molar-refractivity contribution in [3.05, 3.63) is 46.3 Å². The molecule has 2 aliphatic rings. The molecule has 0 aliphatic carbocycles. The van der Waals surface area contributed by atoms with Gasteiger partial charge in [-0.15, -0.1) is 11.3 Å². The van der Waals surface area contributed by atoms with Gasteiger partial charge in [0.25, 0.3) is 5.91 Å². The Labute approximate surface area is 145 Å². The van der Waals surface area contributed by atoms with Crippen molar-refractivity contribution in [3.8, 4) is 5.88 Å². The summed E-state index contributed by atoms with van der Waals surface area (Å²) in [5.74, 6) is 0.673. The Kier molecular flexibility index (Phi) is 4.24. The Morgan fingerprint density at radius 3 is 3.08 bits per heavy atom. The highest BCUT2D eigenvalue weighted by Gasteiger charge is 2.48. The molecular weight excluding hydrogens is 324 g/mol. The van der Waals surface area contributed by atoms with Crippen LogP contribution in [-0.2, 0) is 4.74 Å². The fourth-order valence-electron chi connectivity index (χ4n) is 3.54. The minimum Gasteiger partial charge on any atom is -0.470 e. The second-order valence-electron chi connectivity index (χ2n) is 6.26. The van der Waals surface area contributed by atoms with E-state index in [0.717, 1.165) is 29.9 Å². The summed E-state index contributed by atoms with van der Waals surface area (Å²) in [6.07, 6.45) is 3.40. The molecule has 0 spiro atoms. The van der Waals surface area contributed by atoms with Crippen molar-refractivity contribution in [1.82, 2.24) is 9.88 Å². The third-order valence-electron chi connectivity index (χ3n) is 4.70. The molecule has 5 nitrogen and oxygen atoms in total. The van der Waals surface area contributed by atoms with Gasteiger partial charge in [-0.3, -0.25) is 4.79 Å². The van der Waals surface area contributed by atoms with Crippen LogP contribution in [0, 0.1) is 6.92 Å². The van der Waals surface area contributed by atoms with E-state index in [0.29, 0.717) is 12.4 Å². The molecule has 0 saturated carbocycles. The number of fused-ring (bicyclic) bond motifs is 1. The van der Waals surface area contributed by atoms with Gasteiger partial charge in [0.15, 0.2) is 0 Å². The predicted molar refractivity (Wildman–Crippen MR) is 91.5 cm³/mol. The molecule has 0 aromatic carbocycles. The Balaban J connectivity index is 1.57. The van der Waals surface area contributed by atoms with Crippen molar-refractivity contribution in [3.63, 3.8) is 0 Å². The van der Waals surface area contributed by atoms with E-state index < -0.39 is 0 Å². The summed E-state index contributed by atoms with van der Waals surface area (Å²) >= 11 is 1.50. The molecule has 3 atom stereocenters. The second kappa shape index (κ2) is 6.53. The normalized spacial score (nSPS) is 26.2. The van der Waals surface area contributed by atoms with E-state index in [1.54, 1.807) is 6.20 Å². The van der Waals surface area contributed by atoms with Crippen LogP contribution in [0.3, 0.4) is 0 Å². The predicted octanol–water partition coefficient (Wildman–Crippen LogP) is 2.90. The van der Waals surface area contributed by atoms with Crippen LogP contribution in [0.2, 0.25) is 0 Å². The average Bonchev–Trinajstić information content (AvgIpc) is 3.20. The van der Waals surface area contributed by atoms with Crippen molar-refractivity contribution >= 4 is 17.2 Å². The van der Waals surface area contributed by atoms with Crippen molar-refractivity contribution < 1.29 is 14.3 Å². The van der Waals surface area contributed by atoms with Gasteiger partial charge in [0, 0.05) is 18.9 Å². The molecule has 6 heteroatoms. The number of aromatic nitrogens is 1. The summed E-state index contributed by atoms with van der Waals surface area (Å²) in [6.45, 7) is 3.25. The first kappa shape index (κ1) is 15.6. The van der Waals surface area contributed by atoms with Crippen molar-refractivity contribution in [2.24, 2.45) is 0 Å². The number of carbonyl (C=O) groups is 1. The van der Waals surface area contributed by atoms with Crippen molar-refractivity contribution in [2.75, 3.05) is 13.2 Å². The molecule has 4 heterocycles. The van der Waals surface area contributed by atoms with Gasteiger partial charge >= 0.3 is 0 Å². The van der Waals surface area contributed by atoms with Crippen LogP contribution in [0.15, 0.2) is 35.8 Å². The average molecular weight is 344 g/mol. The molecule has 24 heavy (non-hydrogen) atoms. The minimum absolute atomic E-state index is 0.0787. The van der Waals surface area contributed by atoms with E-state index in [4.69, 9.17) is 9.47 Å². The molecule has 0 radical (unpaired) electrons. The van der Waals surface area contributed by atoms with Gasteiger partial charge in [-0.05, 0) is 42.8 Å². The molecule has 0 unspecified atom stereocenters. The molecule has 1 amide bonds. The maximum absolute atomic E-state index is 13.0. The molecule has 2 aromatic rings. The van der Waals surface area contributed by atoms with E-state index in [9.17, 15) is 4.79 Å². The fourth-order valence-corrected chi connectivity index (χ4v) is 4.42. The molecular formula is C18H20N2O3S. The molecule has 2 aromatic heterocycles. The number of pyridine rings is 1. The standard InChI is InChI=1S/C18H20N2O3S/c1-12-7-10-24-17(12)18(21)20-11-14(16-13(20)5-4-9-22-16)23-15-6-2-3-8-19-15/h2-3,6-8,10,13-14,16H,4-5,9,11H2,1H3/t13-,14+,16+/m1/s1. The molecule has 2 saturated heterocycles. The van der Waals surface area contributed by atoms with Gasteiger partial charge in [-0.2, -0.15) is 0 Å². The smallest absolute Gasteiger partial charge is 0.264 e. The first-order chi connectivity index (χ1) is 11.7. The largest absolute Gasteiger partial charge is 0.470 e. The third kappa shape index (κ3) is 2.80. The Morgan fingerprint density at radius 2 is 2.33 bits per heavy atom. The van der Waals surface area contributed by atoms with Crippen LogP contribution in [0.5, 0.6) is 5.88 Å². The highest BCUT2D eigenvalue weighted by Crippen LogP contribution is 2.33. The van der Waals surface area contributed by atoms with E-state index in [-0.39, 0.29) is 24.2 Å². The molecule has 0 bridgehead atoms. The first-order valence-corrected chi connectivity index (χ1v) is 9.16. The number of hydrogen-bond acceptors (Lipinski definition) is 5. The number of likely N-dealkylation sites (tertiary alicyclic amines) is 1. The van der Waals surface area contributed by atoms with Crippen LogP contribution in [0.4, 0.5) is 0 Å². The van der Waals surface area contributed by atoms with Crippen LogP contribution in [0.1, 0.15) is 28.1 Å². The van der Waals surface area contributed by atoms with Gasteiger partial charge in [0.2, 0.25) is 5.88 Å². The number of carbonyl (C=O) groups excluding carboxylic acids is 1. The number of ether oxygens (including phenoxy) is 2. The number of amides is 1. The zero-order chi connectivity index (χ0) is 16.5. The van der Waals surface area contributed by atoms with E-state index in [1.807, 2.05) is 41.5 Å². The number of thiophene rings is 1. The van der Waals surface area contributed by atoms with Crippen LogP contribution < -0.4 is 4.74 Å². The molecule has 2 fully saturated rings. The van der Waals surface area contributed by atoms with E-state index in [1.165, 1.54) is 11.3 Å². The van der Waals surface area contributed by atoms with Crippen molar-refractivity contribution in [2.45, 2.75) is 38.0 Å². The fraction of sp³-hybridized carbons (Fsp3) is 0.444.